The maximum Gasteiger partial charge on any atom is 0.0271 e. The lowest BCUT2D eigenvalue weighted by Crippen LogP contribution is -2.58. The van der Waals surface area contributed by atoms with Gasteiger partial charge >= 0.3 is 0 Å². The summed E-state index contributed by atoms with van der Waals surface area (Å²) in [6.07, 6.45) is 8.39. The van der Waals surface area contributed by atoms with Crippen molar-refractivity contribution in [2.75, 3.05) is 13.6 Å². The lowest BCUT2D eigenvalue weighted by Gasteiger charge is -2.48. The van der Waals surface area contributed by atoms with E-state index in [-0.39, 0.29) is 0 Å². The second kappa shape index (κ2) is 6.13. The molecule has 2 fully saturated rings. The molecule has 0 aromatic carbocycles. The lowest BCUT2D eigenvalue weighted by atomic mass is 9.70. The van der Waals surface area contributed by atoms with Crippen LogP contribution in [0.1, 0.15) is 66.2 Å². The van der Waals surface area contributed by atoms with Gasteiger partial charge in [-0.15, -0.1) is 0 Å². The maximum atomic E-state index is 3.65. The largest absolute Gasteiger partial charge is 0.315 e. The lowest BCUT2D eigenvalue weighted by molar-refractivity contribution is 0.0444. The fourth-order valence-electron chi connectivity index (χ4n) is 3.98. The molecule has 0 aromatic rings. The van der Waals surface area contributed by atoms with Crippen molar-refractivity contribution in [3.05, 3.63) is 0 Å². The SMILES string of the molecule is CNC1C(N(CCC(C)C)C2CC2)CCCC1(C)C. The highest BCUT2D eigenvalue weighted by Gasteiger charge is 2.44. The van der Waals surface area contributed by atoms with Crippen LogP contribution in [0.15, 0.2) is 0 Å². The van der Waals surface area contributed by atoms with Crippen molar-refractivity contribution in [1.29, 1.82) is 0 Å². The predicted molar refractivity (Wildman–Crippen MR) is 83.5 cm³/mol. The van der Waals surface area contributed by atoms with Crippen molar-refractivity contribution < 1.29 is 0 Å². The molecule has 0 amide bonds. The molecular formula is C17H34N2. The molecule has 0 radical (unpaired) electrons. The minimum atomic E-state index is 0.447. The first-order valence-corrected chi connectivity index (χ1v) is 8.38. The van der Waals surface area contributed by atoms with Crippen LogP contribution >= 0.6 is 0 Å². The van der Waals surface area contributed by atoms with E-state index in [1.165, 1.54) is 45.1 Å². The Morgan fingerprint density at radius 3 is 2.42 bits per heavy atom. The van der Waals surface area contributed by atoms with E-state index in [0.29, 0.717) is 11.5 Å². The molecule has 2 nitrogen and oxygen atoms in total. The molecule has 1 N–H and O–H groups in total. The Morgan fingerprint density at radius 1 is 1.21 bits per heavy atom. The Kier molecular flexibility index (Phi) is 4.94. The summed E-state index contributed by atoms with van der Waals surface area (Å²) in [7, 11) is 2.16. The minimum absolute atomic E-state index is 0.447. The van der Waals surface area contributed by atoms with Crippen LogP contribution in [0.3, 0.4) is 0 Å². The average molecular weight is 266 g/mol. The van der Waals surface area contributed by atoms with Crippen molar-refractivity contribution in [2.24, 2.45) is 11.3 Å². The Hall–Kier alpha value is -0.0800. The molecule has 0 saturated heterocycles. The molecule has 2 aliphatic carbocycles. The first-order valence-electron chi connectivity index (χ1n) is 8.38. The number of nitrogens with one attached hydrogen (secondary N) is 1. The molecule has 19 heavy (non-hydrogen) atoms. The van der Waals surface area contributed by atoms with Crippen LogP contribution in [-0.4, -0.2) is 36.6 Å². The highest BCUT2D eigenvalue weighted by Crippen LogP contribution is 2.41. The molecule has 112 valence electrons. The number of hydrogen-bond donors (Lipinski definition) is 1. The summed E-state index contributed by atoms with van der Waals surface area (Å²) in [5, 5.41) is 3.65. The van der Waals surface area contributed by atoms with Gasteiger partial charge in [-0.3, -0.25) is 4.90 Å². The van der Waals surface area contributed by atoms with E-state index in [2.05, 4.69) is 45.0 Å². The third kappa shape index (κ3) is 3.72. The van der Waals surface area contributed by atoms with Crippen molar-refractivity contribution in [2.45, 2.75) is 84.3 Å². The van der Waals surface area contributed by atoms with E-state index < -0.39 is 0 Å². The van der Waals surface area contributed by atoms with Gasteiger partial charge in [-0.25, -0.2) is 0 Å². The fraction of sp³-hybridized carbons (Fsp3) is 1.00. The van der Waals surface area contributed by atoms with Crippen molar-refractivity contribution in [1.82, 2.24) is 10.2 Å². The standard InChI is InChI=1S/C17H34N2/c1-13(2)10-12-19(14-8-9-14)15-7-6-11-17(3,4)16(15)18-5/h13-16,18H,6-12H2,1-5H3. The van der Waals surface area contributed by atoms with Gasteiger partial charge in [0.25, 0.3) is 0 Å². The van der Waals surface area contributed by atoms with Gasteiger partial charge in [0.05, 0.1) is 0 Å². The van der Waals surface area contributed by atoms with E-state index in [4.69, 9.17) is 0 Å². The third-order valence-electron chi connectivity index (χ3n) is 5.27. The Balaban J connectivity index is 2.06. The number of likely N-dealkylation sites (N-methyl/N-ethyl adjacent to an activating group) is 1. The van der Waals surface area contributed by atoms with E-state index in [1.807, 2.05) is 0 Å². The smallest absolute Gasteiger partial charge is 0.0271 e. The predicted octanol–water partition coefficient (Wildman–Crippen LogP) is 3.66. The van der Waals surface area contributed by atoms with E-state index in [0.717, 1.165) is 18.0 Å². The Morgan fingerprint density at radius 2 is 1.89 bits per heavy atom. The summed E-state index contributed by atoms with van der Waals surface area (Å²) >= 11 is 0. The van der Waals surface area contributed by atoms with Crippen LogP contribution in [0.25, 0.3) is 0 Å². The van der Waals surface area contributed by atoms with Gasteiger partial charge in [-0.05, 0) is 57.0 Å². The third-order valence-corrected chi connectivity index (χ3v) is 5.27. The second-order valence-corrected chi connectivity index (χ2v) is 7.87. The van der Waals surface area contributed by atoms with Crippen LogP contribution in [-0.2, 0) is 0 Å². The molecule has 2 aliphatic rings. The zero-order chi connectivity index (χ0) is 14.0. The summed E-state index contributed by atoms with van der Waals surface area (Å²) in [6, 6.07) is 2.32. The van der Waals surface area contributed by atoms with Crippen LogP contribution in [0.2, 0.25) is 0 Å². The van der Waals surface area contributed by atoms with Gasteiger partial charge in [-0.2, -0.15) is 0 Å². The highest BCUT2D eigenvalue weighted by molar-refractivity contribution is 5.01. The zero-order valence-corrected chi connectivity index (χ0v) is 13.7. The molecule has 0 heterocycles. The normalized spacial score (nSPS) is 31.1. The van der Waals surface area contributed by atoms with Gasteiger partial charge < -0.3 is 5.32 Å². The molecule has 2 atom stereocenters. The number of hydrogen-bond acceptors (Lipinski definition) is 2. The molecule has 0 bridgehead atoms. The van der Waals surface area contributed by atoms with Gasteiger partial charge in [0.15, 0.2) is 0 Å². The van der Waals surface area contributed by atoms with Gasteiger partial charge in [-0.1, -0.05) is 34.1 Å². The molecule has 2 saturated carbocycles. The molecule has 2 heteroatoms. The summed E-state index contributed by atoms with van der Waals surface area (Å²) in [4.78, 5) is 2.86. The van der Waals surface area contributed by atoms with Gasteiger partial charge in [0.2, 0.25) is 0 Å². The average Bonchev–Trinajstić information content (AvgIpc) is 3.12. The van der Waals surface area contributed by atoms with Crippen LogP contribution < -0.4 is 5.32 Å². The minimum Gasteiger partial charge on any atom is -0.315 e. The van der Waals surface area contributed by atoms with Crippen LogP contribution in [0.5, 0.6) is 0 Å². The van der Waals surface area contributed by atoms with Gasteiger partial charge in [0, 0.05) is 18.1 Å². The van der Waals surface area contributed by atoms with Crippen molar-refractivity contribution >= 4 is 0 Å². The van der Waals surface area contributed by atoms with Crippen LogP contribution in [0.4, 0.5) is 0 Å². The molecule has 0 aliphatic heterocycles. The molecule has 2 unspecified atom stereocenters. The van der Waals surface area contributed by atoms with E-state index in [9.17, 15) is 0 Å². The molecule has 2 rings (SSSR count). The highest BCUT2D eigenvalue weighted by atomic mass is 15.2. The quantitative estimate of drug-likeness (QED) is 0.789. The number of nitrogens with zero attached hydrogens (tertiary/aromatic N) is 1. The fourth-order valence-corrected chi connectivity index (χ4v) is 3.98. The summed E-state index contributed by atoms with van der Waals surface area (Å²) in [5.74, 6) is 0.825. The number of rotatable bonds is 6. The van der Waals surface area contributed by atoms with Crippen LogP contribution in [0, 0.1) is 11.3 Å². The van der Waals surface area contributed by atoms with E-state index in [1.54, 1.807) is 0 Å². The first kappa shape index (κ1) is 15.3. The Labute approximate surface area is 120 Å². The second-order valence-electron chi connectivity index (χ2n) is 7.87. The van der Waals surface area contributed by atoms with E-state index >= 15 is 0 Å². The molecular weight excluding hydrogens is 232 g/mol. The topological polar surface area (TPSA) is 15.3 Å². The van der Waals surface area contributed by atoms with Crippen molar-refractivity contribution in [3.63, 3.8) is 0 Å². The van der Waals surface area contributed by atoms with Crippen molar-refractivity contribution in [3.8, 4) is 0 Å². The zero-order valence-electron chi connectivity index (χ0n) is 13.7. The summed E-state index contributed by atoms with van der Waals surface area (Å²) < 4.78 is 0. The molecule has 0 spiro atoms. The van der Waals surface area contributed by atoms with Gasteiger partial charge in [0.1, 0.15) is 0 Å². The maximum absolute atomic E-state index is 3.65. The first-order chi connectivity index (χ1) is 8.95. The Bertz CT molecular complexity index is 281. The summed E-state index contributed by atoms with van der Waals surface area (Å²) in [5.41, 5.74) is 0.447. The molecule has 0 aromatic heterocycles. The summed E-state index contributed by atoms with van der Waals surface area (Å²) in [6.45, 7) is 10.9. The monoisotopic (exact) mass is 266 g/mol.